The van der Waals surface area contributed by atoms with Crippen LogP contribution in [0.1, 0.15) is 27.2 Å². The molecule has 2 aromatic rings. The van der Waals surface area contributed by atoms with Crippen molar-refractivity contribution < 1.29 is 9.59 Å². The first kappa shape index (κ1) is 16.3. The predicted molar refractivity (Wildman–Crippen MR) is 92.9 cm³/mol. The van der Waals surface area contributed by atoms with E-state index in [1.54, 1.807) is 17.2 Å². The molecule has 0 aliphatic carbocycles. The Hall–Kier alpha value is -2.56. The van der Waals surface area contributed by atoms with Crippen molar-refractivity contribution in [3.63, 3.8) is 0 Å². The van der Waals surface area contributed by atoms with Gasteiger partial charge in [-0.1, -0.05) is 23.8 Å². The van der Waals surface area contributed by atoms with Crippen LogP contribution in [-0.2, 0) is 11.2 Å². The zero-order chi connectivity index (χ0) is 17.1. The number of carbonyl (C=O) groups excluding carboxylic acids is 2. The number of hydrogen-bond acceptors (Lipinski definition) is 2. The number of H-pyrrole nitrogens is 1. The summed E-state index contributed by atoms with van der Waals surface area (Å²) in [5.74, 6) is 0.136. The van der Waals surface area contributed by atoms with Crippen LogP contribution < -0.4 is 0 Å². The Balaban J connectivity index is 1.57. The molecule has 0 radical (unpaired) electrons. The minimum atomic E-state index is 0.00151. The van der Waals surface area contributed by atoms with Gasteiger partial charge in [-0.3, -0.25) is 9.59 Å². The highest BCUT2D eigenvalue weighted by molar-refractivity contribution is 5.92. The number of benzene rings is 1. The molecule has 0 saturated carbocycles. The molecule has 1 aliphatic heterocycles. The fraction of sp³-hybridized carbons (Fsp3) is 0.368. The van der Waals surface area contributed by atoms with Crippen LogP contribution in [0.15, 0.2) is 36.5 Å². The molecule has 5 heteroatoms. The van der Waals surface area contributed by atoms with Gasteiger partial charge in [-0.2, -0.15) is 0 Å². The van der Waals surface area contributed by atoms with E-state index in [0.717, 1.165) is 11.1 Å². The zero-order valence-corrected chi connectivity index (χ0v) is 14.2. The monoisotopic (exact) mass is 325 g/mol. The summed E-state index contributed by atoms with van der Waals surface area (Å²) in [6.07, 6.45) is 2.18. The fourth-order valence-corrected chi connectivity index (χ4v) is 3.06. The summed E-state index contributed by atoms with van der Waals surface area (Å²) in [5.41, 5.74) is 4.01. The summed E-state index contributed by atoms with van der Waals surface area (Å²) in [5, 5.41) is 0. The first-order valence-corrected chi connectivity index (χ1v) is 8.31. The number of hydrogen-bond donors (Lipinski definition) is 1. The van der Waals surface area contributed by atoms with Gasteiger partial charge in [0.15, 0.2) is 0 Å². The highest BCUT2D eigenvalue weighted by atomic mass is 16.2. The molecule has 1 aromatic carbocycles. The lowest BCUT2D eigenvalue weighted by molar-refractivity contribution is -0.131. The Bertz CT molecular complexity index is 729. The van der Waals surface area contributed by atoms with Crippen molar-refractivity contribution in [1.29, 1.82) is 0 Å². The maximum absolute atomic E-state index is 12.6. The summed E-state index contributed by atoms with van der Waals surface area (Å²) in [6, 6.07) is 9.80. The quantitative estimate of drug-likeness (QED) is 0.940. The van der Waals surface area contributed by atoms with Crippen molar-refractivity contribution in [3.05, 3.63) is 58.9 Å². The van der Waals surface area contributed by atoms with Crippen LogP contribution in [0.5, 0.6) is 0 Å². The molecule has 3 rings (SSSR count). The molecule has 5 nitrogen and oxygen atoms in total. The third kappa shape index (κ3) is 3.50. The van der Waals surface area contributed by atoms with E-state index in [-0.39, 0.29) is 11.8 Å². The minimum absolute atomic E-state index is 0.00151. The van der Waals surface area contributed by atoms with Gasteiger partial charge in [0.25, 0.3) is 5.91 Å². The normalized spacial score (nSPS) is 14.8. The number of carbonyl (C=O) groups is 2. The standard InChI is InChI=1S/C19H23N3O2/c1-14-5-6-15(2)16(12-14)13-18(23)21-8-10-22(11-9-21)19(24)17-4-3-7-20-17/h3-7,12,20H,8-11,13H2,1-2H3. The van der Waals surface area contributed by atoms with Crippen molar-refractivity contribution in [2.45, 2.75) is 20.3 Å². The SMILES string of the molecule is Cc1ccc(C)c(CC(=O)N2CCN(C(=O)c3ccc[nH]3)CC2)c1. The van der Waals surface area contributed by atoms with Crippen LogP contribution >= 0.6 is 0 Å². The van der Waals surface area contributed by atoms with Crippen LogP contribution in [0.25, 0.3) is 0 Å². The van der Waals surface area contributed by atoms with E-state index in [9.17, 15) is 9.59 Å². The Morgan fingerprint density at radius 2 is 1.75 bits per heavy atom. The molecular weight excluding hydrogens is 302 g/mol. The van der Waals surface area contributed by atoms with E-state index in [1.165, 1.54) is 5.56 Å². The summed E-state index contributed by atoms with van der Waals surface area (Å²) < 4.78 is 0. The average molecular weight is 325 g/mol. The first-order valence-electron chi connectivity index (χ1n) is 8.31. The van der Waals surface area contributed by atoms with E-state index in [1.807, 2.05) is 24.8 Å². The third-order valence-electron chi connectivity index (χ3n) is 4.59. The lowest BCUT2D eigenvalue weighted by Crippen LogP contribution is -2.51. The van der Waals surface area contributed by atoms with Crippen molar-refractivity contribution in [3.8, 4) is 0 Å². The van der Waals surface area contributed by atoms with Gasteiger partial charge in [0.05, 0.1) is 6.42 Å². The highest BCUT2D eigenvalue weighted by Gasteiger charge is 2.25. The van der Waals surface area contributed by atoms with Crippen LogP contribution in [0.2, 0.25) is 0 Å². The second kappa shape index (κ2) is 6.91. The summed E-state index contributed by atoms with van der Waals surface area (Å²) in [6.45, 7) is 6.42. The summed E-state index contributed by atoms with van der Waals surface area (Å²) >= 11 is 0. The molecule has 2 amide bonds. The molecular formula is C19H23N3O2. The lowest BCUT2D eigenvalue weighted by Gasteiger charge is -2.34. The smallest absolute Gasteiger partial charge is 0.270 e. The van der Waals surface area contributed by atoms with Crippen LogP contribution in [-0.4, -0.2) is 52.8 Å². The van der Waals surface area contributed by atoms with E-state index in [4.69, 9.17) is 0 Å². The topological polar surface area (TPSA) is 56.4 Å². The van der Waals surface area contributed by atoms with Crippen LogP contribution in [0, 0.1) is 13.8 Å². The number of rotatable bonds is 3. The van der Waals surface area contributed by atoms with Gasteiger partial charge in [-0.15, -0.1) is 0 Å². The zero-order valence-electron chi connectivity index (χ0n) is 14.2. The predicted octanol–water partition coefficient (Wildman–Crippen LogP) is 2.16. The van der Waals surface area contributed by atoms with Crippen molar-refractivity contribution in [2.75, 3.05) is 26.2 Å². The lowest BCUT2D eigenvalue weighted by atomic mass is 10.0. The second-order valence-corrected chi connectivity index (χ2v) is 6.36. The van der Waals surface area contributed by atoms with Gasteiger partial charge in [-0.25, -0.2) is 0 Å². The third-order valence-corrected chi connectivity index (χ3v) is 4.59. The van der Waals surface area contributed by atoms with E-state index < -0.39 is 0 Å². The molecule has 1 aliphatic rings. The molecule has 1 saturated heterocycles. The van der Waals surface area contributed by atoms with Crippen molar-refractivity contribution >= 4 is 11.8 Å². The molecule has 0 spiro atoms. The number of nitrogens with one attached hydrogen (secondary N) is 1. The van der Waals surface area contributed by atoms with E-state index >= 15 is 0 Å². The molecule has 1 N–H and O–H groups in total. The molecule has 0 unspecified atom stereocenters. The molecule has 1 fully saturated rings. The van der Waals surface area contributed by atoms with Gasteiger partial charge in [0, 0.05) is 32.4 Å². The van der Waals surface area contributed by atoms with Crippen LogP contribution in [0.3, 0.4) is 0 Å². The average Bonchev–Trinajstić information content (AvgIpc) is 3.12. The van der Waals surface area contributed by atoms with Gasteiger partial charge >= 0.3 is 0 Å². The van der Waals surface area contributed by atoms with Crippen LogP contribution in [0.4, 0.5) is 0 Å². The number of nitrogens with zero attached hydrogens (tertiary/aromatic N) is 2. The summed E-state index contributed by atoms with van der Waals surface area (Å²) in [4.78, 5) is 31.5. The number of aromatic nitrogens is 1. The fourth-order valence-electron chi connectivity index (χ4n) is 3.06. The Morgan fingerprint density at radius 1 is 1.04 bits per heavy atom. The van der Waals surface area contributed by atoms with E-state index in [2.05, 4.69) is 23.2 Å². The Labute approximate surface area is 142 Å². The second-order valence-electron chi connectivity index (χ2n) is 6.36. The molecule has 126 valence electrons. The van der Waals surface area contributed by atoms with Gasteiger partial charge in [0.1, 0.15) is 5.69 Å². The van der Waals surface area contributed by atoms with Crippen molar-refractivity contribution in [1.82, 2.24) is 14.8 Å². The Kier molecular flexibility index (Phi) is 4.69. The van der Waals surface area contributed by atoms with Gasteiger partial charge < -0.3 is 14.8 Å². The minimum Gasteiger partial charge on any atom is -0.357 e. The number of piperazine rings is 1. The maximum Gasteiger partial charge on any atom is 0.270 e. The first-order chi connectivity index (χ1) is 11.5. The molecule has 1 aromatic heterocycles. The molecule has 0 bridgehead atoms. The summed E-state index contributed by atoms with van der Waals surface area (Å²) in [7, 11) is 0. The van der Waals surface area contributed by atoms with E-state index in [0.29, 0.717) is 38.3 Å². The largest absolute Gasteiger partial charge is 0.357 e. The molecule has 24 heavy (non-hydrogen) atoms. The van der Waals surface area contributed by atoms with Gasteiger partial charge in [-0.05, 0) is 37.1 Å². The van der Waals surface area contributed by atoms with Gasteiger partial charge in [0.2, 0.25) is 5.91 Å². The Morgan fingerprint density at radius 3 is 2.42 bits per heavy atom. The number of amides is 2. The highest BCUT2D eigenvalue weighted by Crippen LogP contribution is 2.14. The number of aromatic amines is 1. The maximum atomic E-state index is 12.6. The van der Waals surface area contributed by atoms with Crippen molar-refractivity contribution in [2.24, 2.45) is 0 Å². The molecule has 2 heterocycles. The number of aryl methyl sites for hydroxylation is 2. The molecule has 0 atom stereocenters.